The molecule has 0 heterocycles. The molecule has 0 saturated heterocycles. The highest BCUT2D eigenvalue weighted by Gasteiger charge is 2.26. The molecule has 0 spiro atoms. The lowest BCUT2D eigenvalue weighted by Gasteiger charge is -2.23. The smallest absolute Gasteiger partial charge is 0.297 e. The van der Waals surface area contributed by atoms with Crippen LogP contribution in [0, 0.1) is 10.1 Å². The molecule has 8 heteroatoms. The summed E-state index contributed by atoms with van der Waals surface area (Å²) in [6, 6.07) is 2.91. The number of halogens is 1. The number of nitrogens with zero attached hydrogens (tertiary/aromatic N) is 2. The van der Waals surface area contributed by atoms with Crippen LogP contribution >= 0.6 is 11.6 Å². The molecule has 0 radical (unpaired) electrons. The number of unbranched alkanes of at least 4 members (excludes halogenated alkanes) is 6. The molecule has 1 atom stereocenters. The van der Waals surface area contributed by atoms with Crippen LogP contribution in [0.4, 0.5) is 5.69 Å². The maximum atomic E-state index is 12.8. The first-order chi connectivity index (χ1) is 15.3. The lowest BCUT2D eigenvalue weighted by atomic mass is 10.1. The van der Waals surface area contributed by atoms with Gasteiger partial charge in [0.1, 0.15) is 16.3 Å². The Morgan fingerprint density at radius 2 is 1.69 bits per heavy atom. The molecule has 0 aliphatic carbocycles. The van der Waals surface area contributed by atoms with Crippen LogP contribution in [0.1, 0.15) is 96.6 Å². The molecule has 32 heavy (non-hydrogen) atoms. The Bertz CT molecular complexity index is 700. The van der Waals surface area contributed by atoms with Gasteiger partial charge in [-0.1, -0.05) is 64.0 Å². The van der Waals surface area contributed by atoms with Crippen molar-refractivity contribution in [2.24, 2.45) is 0 Å². The fraction of sp³-hybridized carbons (Fsp3) is 0.708. The minimum atomic E-state index is -1.10. The highest BCUT2D eigenvalue weighted by Crippen LogP contribution is 2.39. The van der Waals surface area contributed by atoms with Crippen LogP contribution in [0.25, 0.3) is 0 Å². The van der Waals surface area contributed by atoms with E-state index in [0.717, 1.165) is 38.8 Å². The van der Waals surface area contributed by atoms with Crippen molar-refractivity contribution in [3.63, 3.8) is 0 Å². The Morgan fingerprint density at radius 1 is 1.09 bits per heavy atom. The van der Waals surface area contributed by atoms with Crippen molar-refractivity contribution >= 4 is 23.2 Å². The van der Waals surface area contributed by atoms with Gasteiger partial charge in [0, 0.05) is 19.5 Å². The lowest BCUT2D eigenvalue weighted by Crippen LogP contribution is -2.33. The first-order valence-corrected chi connectivity index (χ1v) is 12.3. The molecule has 0 aromatic heterocycles. The molecule has 0 bridgehead atoms. The predicted octanol–water partition coefficient (Wildman–Crippen LogP) is 6.45. The largest absolute Gasteiger partial charge is 0.493 e. The van der Waals surface area contributed by atoms with Gasteiger partial charge in [-0.05, 0) is 38.3 Å². The topological polar surface area (TPSA) is 92.9 Å². The van der Waals surface area contributed by atoms with Crippen LogP contribution in [0.15, 0.2) is 12.1 Å². The van der Waals surface area contributed by atoms with E-state index in [1.807, 2.05) is 4.90 Å². The van der Waals surface area contributed by atoms with Crippen molar-refractivity contribution in [3.05, 3.63) is 32.8 Å². The molecule has 1 aromatic rings. The fourth-order valence-corrected chi connectivity index (χ4v) is 3.90. The monoisotopic (exact) mass is 470 g/mol. The zero-order valence-corrected chi connectivity index (χ0v) is 20.5. The number of aliphatic hydroxyl groups excluding tert-OH is 1. The van der Waals surface area contributed by atoms with E-state index in [1.54, 1.807) is 0 Å². The summed E-state index contributed by atoms with van der Waals surface area (Å²) in [6.45, 7) is 7.59. The number of benzene rings is 1. The third-order valence-electron chi connectivity index (χ3n) is 5.44. The van der Waals surface area contributed by atoms with Gasteiger partial charge >= 0.3 is 0 Å². The standard InChI is InChI=1S/C24H39ClN2O5/c1-4-6-8-10-16-26(17-11-9-7-5-2)22(29)13-12-18-32-21-15-14-20(25)24(27(30)31)23(21)19(3)28/h14-15,19,28H,4-13,16-18H2,1-3H3. The van der Waals surface area contributed by atoms with E-state index in [9.17, 15) is 20.0 Å². The summed E-state index contributed by atoms with van der Waals surface area (Å²) in [5, 5.41) is 21.3. The molecule has 1 unspecified atom stereocenters. The second-order valence-corrected chi connectivity index (χ2v) is 8.60. The molecule has 1 rings (SSSR count). The van der Waals surface area contributed by atoms with Crippen LogP contribution in [0.3, 0.4) is 0 Å². The zero-order valence-electron chi connectivity index (χ0n) is 19.8. The summed E-state index contributed by atoms with van der Waals surface area (Å²) in [7, 11) is 0. The quantitative estimate of drug-likeness (QED) is 0.160. The number of carbonyl (C=O) groups excluding carboxylic acids is 1. The number of amides is 1. The van der Waals surface area contributed by atoms with E-state index in [2.05, 4.69) is 13.8 Å². The van der Waals surface area contributed by atoms with E-state index in [0.29, 0.717) is 12.8 Å². The van der Waals surface area contributed by atoms with Crippen LogP contribution < -0.4 is 4.74 Å². The minimum Gasteiger partial charge on any atom is -0.493 e. The molecule has 0 aliphatic heterocycles. The summed E-state index contributed by atoms with van der Waals surface area (Å²) in [5.74, 6) is 0.346. The molecular formula is C24H39ClN2O5. The molecule has 182 valence electrons. The third-order valence-corrected chi connectivity index (χ3v) is 5.74. The maximum Gasteiger partial charge on any atom is 0.297 e. The summed E-state index contributed by atoms with van der Waals surface area (Å²) in [6.07, 6.45) is 8.77. The molecule has 0 saturated carbocycles. The minimum absolute atomic E-state index is 0.0461. The number of nitro benzene ring substituents is 1. The van der Waals surface area contributed by atoms with E-state index < -0.39 is 11.0 Å². The first kappa shape index (κ1) is 28.2. The molecule has 1 amide bonds. The summed E-state index contributed by atoms with van der Waals surface area (Å²) in [5.41, 5.74) is -0.289. The molecule has 0 fully saturated rings. The molecular weight excluding hydrogens is 432 g/mol. The van der Waals surface area contributed by atoms with Gasteiger partial charge in [0.05, 0.1) is 17.6 Å². The summed E-state index contributed by atoms with van der Waals surface area (Å²) >= 11 is 5.94. The van der Waals surface area contributed by atoms with Crippen LogP contribution in [-0.2, 0) is 4.79 Å². The van der Waals surface area contributed by atoms with Gasteiger partial charge in [-0.25, -0.2) is 0 Å². The Morgan fingerprint density at radius 3 is 2.19 bits per heavy atom. The number of carbonyl (C=O) groups is 1. The Kier molecular flexibility index (Phi) is 14.0. The van der Waals surface area contributed by atoms with Crippen molar-refractivity contribution < 1.29 is 19.6 Å². The van der Waals surface area contributed by atoms with E-state index in [-0.39, 0.29) is 34.5 Å². The van der Waals surface area contributed by atoms with Crippen LogP contribution in [0.2, 0.25) is 5.02 Å². The van der Waals surface area contributed by atoms with Crippen molar-refractivity contribution in [2.45, 2.75) is 91.1 Å². The maximum absolute atomic E-state index is 12.8. The molecule has 1 N–H and O–H groups in total. The zero-order chi connectivity index (χ0) is 23.9. The number of hydrogen-bond acceptors (Lipinski definition) is 5. The van der Waals surface area contributed by atoms with Gasteiger partial charge in [-0.3, -0.25) is 14.9 Å². The number of rotatable bonds is 17. The molecule has 7 nitrogen and oxygen atoms in total. The fourth-order valence-electron chi connectivity index (χ4n) is 3.66. The lowest BCUT2D eigenvalue weighted by molar-refractivity contribution is -0.386. The summed E-state index contributed by atoms with van der Waals surface area (Å²) in [4.78, 5) is 25.5. The van der Waals surface area contributed by atoms with Gasteiger partial charge in [0.2, 0.25) is 5.91 Å². The Balaban J connectivity index is 2.64. The average molecular weight is 471 g/mol. The van der Waals surface area contributed by atoms with Crippen molar-refractivity contribution in [1.29, 1.82) is 0 Å². The normalized spacial score (nSPS) is 11.9. The number of ether oxygens (including phenoxy) is 1. The second-order valence-electron chi connectivity index (χ2n) is 8.20. The summed E-state index contributed by atoms with van der Waals surface area (Å²) < 4.78 is 5.71. The van der Waals surface area contributed by atoms with Gasteiger partial charge in [-0.15, -0.1) is 0 Å². The van der Waals surface area contributed by atoms with Gasteiger partial charge in [0.25, 0.3) is 5.69 Å². The first-order valence-electron chi connectivity index (χ1n) is 11.9. The second kappa shape index (κ2) is 15.9. The van der Waals surface area contributed by atoms with Gasteiger partial charge < -0.3 is 14.7 Å². The number of hydrogen-bond donors (Lipinski definition) is 1. The molecule has 1 aromatic carbocycles. The van der Waals surface area contributed by atoms with Crippen molar-refractivity contribution in [2.75, 3.05) is 19.7 Å². The van der Waals surface area contributed by atoms with E-state index >= 15 is 0 Å². The third kappa shape index (κ3) is 9.74. The highest BCUT2D eigenvalue weighted by molar-refractivity contribution is 6.32. The van der Waals surface area contributed by atoms with Crippen LogP contribution in [-0.4, -0.2) is 40.5 Å². The van der Waals surface area contributed by atoms with E-state index in [1.165, 1.54) is 44.7 Å². The average Bonchev–Trinajstić information content (AvgIpc) is 2.75. The Hall–Kier alpha value is -1.86. The van der Waals surface area contributed by atoms with Crippen molar-refractivity contribution in [3.8, 4) is 5.75 Å². The molecule has 0 aliphatic rings. The van der Waals surface area contributed by atoms with Crippen molar-refractivity contribution in [1.82, 2.24) is 4.90 Å². The highest BCUT2D eigenvalue weighted by atomic mass is 35.5. The predicted molar refractivity (Wildman–Crippen MR) is 128 cm³/mol. The number of aliphatic hydroxyl groups is 1. The van der Waals surface area contributed by atoms with Gasteiger partial charge in [0.15, 0.2) is 0 Å². The van der Waals surface area contributed by atoms with E-state index in [4.69, 9.17) is 16.3 Å². The van der Waals surface area contributed by atoms with Crippen LogP contribution in [0.5, 0.6) is 5.75 Å². The Labute approximate surface area is 197 Å². The SMILES string of the molecule is CCCCCCN(CCCCCC)C(=O)CCCOc1ccc(Cl)c([N+](=O)[O-])c1C(C)O. The number of nitro groups is 1. The van der Waals surface area contributed by atoms with Gasteiger partial charge in [-0.2, -0.15) is 0 Å².